The van der Waals surface area contributed by atoms with Crippen molar-refractivity contribution in [2.75, 3.05) is 12.4 Å². The van der Waals surface area contributed by atoms with Crippen molar-refractivity contribution < 1.29 is 19.1 Å². The largest absolute Gasteiger partial charge is 0.465 e. The third kappa shape index (κ3) is 5.22. The molecular weight excluding hydrogens is 372 g/mol. The molecule has 0 spiro atoms. The van der Waals surface area contributed by atoms with Gasteiger partial charge in [-0.1, -0.05) is 19.3 Å². The minimum Gasteiger partial charge on any atom is -0.465 e. The minimum atomic E-state index is -0.502. The van der Waals surface area contributed by atoms with E-state index in [1.54, 1.807) is 37.5 Å². The third-order valence-electron chi connectivity index (χ3n) is 5.16. The van der Waals surface area contributed by atoms with Crippen molar-refractivity contribution in [1.82, 2.24) is 15.1 Å². The van der Waals surface area contributed by atoms with Crippen LogP contribution in [0, 0.1) is 5.92 Å². The van der Waals surface area contributed by atoms with Crippen LogP contribution >= 0.6 is 0 Å². The molecule has 8 nitrogen and oxygen atoms in total. The molecule has 3 rings (SSSR count). The van der Waals surface area contributed by atoms with E-state index in [4.69, 9.17) is 4.74 Å². The molecule has 0 aliphatic heterocycles. The fourth-order valence-electron chi connectivity index (χ4n) is 3.58. The molecule has 2 amide bonds. The fraction of sp³-hybridized carbons (Fsp3) is 0.429. The number of carbonyl (C=O) groups is 3. The van der Waals surface area contributed by atoms with Gasteiger partial charge in [0.2, 0.25) is 5.91 Å². The van der Waals surface area contributed by atoms with Gasteiger partial charge in [-0.2, -0.15) is 5.10 Å². The first kappa shape index (κ1) is 20.6. The molecule has 1 fully saturated rings. The van der Waals surface area contributed by atoms with Gasteiger partial charge in [0, 0.05) is 31.4 Å². The molecule has 1 saturated carbocycles. The molecule has 1 aliphatic carbocycles. The Morgan fingerprint density at radius 1 is 1.17 bits per heavy atom. The van der Waals surface area contributed by atoms with Gasteiger partial charge >= 0.3 is 5.97 Å². The summed E-state index contributed by atoms with van der Waals surface area (Å²) < 4.78 is 6.30. The molecule has 1 aromatic carbocycles. The summed E-state index contributed by atoms with van der Waals surface area (Å²) >= 11 is 0. The molecular formula is C21H26N4O4. The number of anilines is 1. The van der Waals surface area contributed by atoms with Crippen LogP contribution in [-0.4, -0.2) is 34.7 Å². The second-order valence-electron chi connectivity index (χ2n) is 7.26. The van der Waals surface area contributed by atoms with Crippen molar-refractivity contribution in [3.8, 4) is 0 Å². The van der Waals surface area contributed by atoms with Crippen LogP contribution in [0.5, 0.6) is 0 Å². The molecule has 0 unspecified atom stereocenters. The number of nitrogens with one attached hydrogen (secondary N) is 2. The highest BCUT2D eigenvalue weighted by Gasteiger charge is 2.21. The SMILES string of the molecule is COC(=O)c1cc(CNC(=O)c2ccnn2C)cc(NC(=O)C2CCCCC2)c1. The number of rotatable bonds is 6. The molecule has 0 atom stereocenters. The van der Waals surface area contributed by atoms with Gasteiger partial charge in [0.25, 0.3) is 5.91 Å². The van der Waals surface area contributed by atoms with Gasteiger partial charge in [0.1, 0.15) is 5.69 Å². The Morgan fingerprint density at radius 3 is 2.59 bits per heavy atom. The van der Waals surface area contributed by atoms with Crippen molar-refractivity contribution in [3.05, 3.63) is 47.3 Å². The molecule has 1 heterocycles. The molecule has 0 bridgehead atoms. The van der Waals surface area contributed by atoms with Crippen molar-refractivity contribution in [2.24, 2.45) is 13.0 Å². The van der Waals surface area contributed by atoms with E-state index in [1.165, 1.54) is 18.2 Å². The molecule has 1 aromatic heterocycles. The normalized spacial score (nSPS) is 14.3. The van der Waals surface area contributed by atoms with Crippen molar-refractivity contribution in [1.29, 1.82) is 0 Å². The number of esters is 1. The monoisotopic (exact) mass is 398 g/mol. The van der Waals surface area contributed by atoms with Gasteiger partial charge in [-0.3, -0.25) is 14.3 Å². The van der Waals surface area contributed by atoms with Gasteiger partial charge in [0.15, 0.2) is 0 Å². The summed E-state index contributed by atoms with van der Waals surface area (Å²) in [4.78, 5) is 36.9. The molecule has 1 aliphatic rings. The fourth-order valence-corrected chi connectivity index (χ4v) is 3.58. The third-order valence-corrected chi connectivity index (χ3v) is 5.16. The maximum Gasteiger partial charge on any atom is 0.337 e. The Kier molecular flexibility index (Phi) is 6.64. The van der Waals surface area contributed by atoms with Crippen LogP contribution < -0.4 is 10.6 Å². The van der Waals surface area contributed by atoms with E-state index in [2.05, 4.69) is 15.7 Å². The lowest BCUT2D eigenvalue weighted by Crippen LogP contribution is -2.26. The Hall–Kier alpha value is -3.16. The maximum atomic E-state index is 12.6. The second kappa shape index (κ2) is 9.36. The summed E-state index contributed by atoms with van der Waals surface area (Å²) in [5.41, 5.74) is 1.95. The standard InChI is InChI=1S/C21H26N4O4/c1-25-18(8-9-23-25)20(27)22-13-14-10-16(21(28)29-2)12-17(11-14)24-19(26)15-6-4-3-5-7-15/h8-12,15H,3-7,13H2,1-2H3,(H,22,27)(H,24,26). The van der Waals surface area contributed by atoms with Crippen LogP contribution in [-0.2, 0) is 23.1 Å². The zero-order chi connectivity index (χ0) is 20.8. The number of aryl methyl sites for hydroxylation is 1. The smallest absolute Gasteiger partial charge is 0.337 e. The lowest BCUT2D eigenvalue weighted by Gasteiger charge is -2.21. The first-order chi connectivity index (χ1) is 14.0. The average molecular weight is 398 g/mol. The van der Waals surface area contributed by atoms with Crippen LogP contribution in [0.1, 0.15) is 58.5 Å². The van der Waals surface area contributed by atoms with Gasteiger partial charge in [-0.15, -0.1) is 0 Å². The topological polar surface area (TPSA) is 102 Å². The Balaban J connectivity index is 1.74. The summed E-state index contributed by atoms with van der Waals surface area (Å²) in [6.07, 6.45) is 6.61. The molecule has 0 radical (unpaired) electrons. The predicted octanol–water partition coefficient (Wildman–Crippen LogP) is 2.66. The Labute approximate surface area is 169 Å². The minimum absolute atomic E-state index is 0.00136. The van der Waals surface area contributed by atoms with Crippen LogP contribution in [0.15, 0.2) is 30.5 Å². The average Bonchev–Trinajstić information content (AvgIpc) is 3.17. The molecule has 2 N–H and O–H groups in total. The van der Waals surface area contributed by atoms with Crippen molar-refractivity contribution in [2.45, 2.75) is 38.6 Å². The second-order valence-corrected chi connectivity index (χ2v) is 7.26. The van der Waals surface area contributed by atoms with Crippen LogP contribution in [0.2, 0.25) is 0 Å². The number of methoxy groups -OCH3 is 1. The number of hydrogen-bond donors (Lipinski definition) is 2. The number of benzene rings is 1. The van der Waals surface area contributed by atoms with E-state index in [1.807, 2.05) is 0 Å². The first-order valence-electron chi connectivity index (χ1n) is 9.77. The van der Waals surface area contributed by atoms with E-state index < -0.39 is 5.97 Å². The maximum absolute atomic E-state index is 12.6. The van der Waals surface area contributed by atoms with Gasteiger partial charge in [0.05, 0.1) is 12.7 Å². The summed E-state index contributed by atoms with van der Waals surface area (Å²) in [6, 6.07) is 6.62. The summed E-state index contributed by atoms with van der Waals surface area (Å²) in [7, 11) is 2.99. The van der Waals surface area contributed by atoms with E-state index >= 15 is 0 Å². The summed E-state index contributed by atoms with van der Waals surface area (Å²) in [5.74, 6) is -0.811. The number of carbonyl (C=O) groups excluding carboxylic acids is 3. The highest BCUT2D eigenvalue weighted by Crippen LogP contribution is 2.25. The molecule has 154 valence electrons. The van der Waals surface area contributed by atoms with E-state index in [-0.39, 0.29) is 24.3 Å². The van der Waals surface area contributed by atoms with Gasteiger partial charge in [-0.05, 0) is 42.7 Å². The summed E-state index contributed by atoms with van der Waals surface area (Å²) in [5, 5.41) is 9.71. The molecule has 29 heavy (non-hydrogen) atoms. The van der Waals surface area contributed by atoms with Crippen LogP contribution in [0.3, 0.4) is 0 Å². The van der Waals surface area contributed by atoms with Crippen LogP contribution in [0.4, 0.5) is 5.69 Å². The quantitative estimate of drug-likeness (QED) is 0.729. The highest BCUT2D eigenvalue weighted by molar-refractivity contribution is 5.96. The van der Waals surface area contributed by atoms with Gasteiger partial charge in [-0.25, -0.2) is 4.79 Å². The molecule has 2 aromatic rings. The van der Waals surface area contributed by atoms with Crippen molar-refractivity contribution in [3.63, 3.8) is 0 Å². The molecule has 8 heteroatoms. The number of aromatic nitrogens is 2. The number of ether oxygens (including phenoxy) is 1. The number of hydrogen-bond acceptors (Lipinski definition) is 5. The highest BCUT2D eigenvalue weighted by atomic mass is 16.5. The van der Waals surface area contributed by atoms with E-state index in [9.17, 15) is 14.4 Å². The lowest BCUT2D eigenvalue weighted by molar-refractivity contribution is -0.120. The number of amides is 2. The first-order valence-corrected chi connectivity index (χ1v) is 9.77. The zero-order valence-corrected chi connectivity index (χ0v) is 16.7. The van der Waals surface area contributed by atoms with Crippen LogP contribution in [0.25, 0.3) is 0 Å². The predicted molar refractivity (Wildman–Crippen MR) is 107 cm³/mol. The lowest BCUT2D eigenvalue weighted by atomic mass is 9.88. The number of nitrogens with zero attached hydrogens (tertiary/aromatic N) is 2. The molecule has 0 saturated heterocycles. The van der Waals surface area contributed by atoms with E-state index in [0.29, 0.717) is 22.5 Å². The Bertz CT molecular complexity index is 900. The summed E-state index contributed by atoms with van der Waals surface area (Å²) in [6.45, 7) is 0.196. The van der Waals surface area contributed by atoms with Crippen molar-refractivity contribution >= 4 is 23.5 Å². The zero-order valence-electron chi connectivity index (χ0n) is 16.7. The van der Waals surface area contributed by atoms with Gasteiger partial charge < -0.3 is 15.4 Å². The van der Waals surface area contributed by atoms with E-state index in [0.717, 1.165) is 25.7 Å². The Morgan fingerprint density at radius 2 is 1.93 bits per heavy atom.